The molecule has 4 rings (SSSR count). The maximum atomic E-state index is 15.6. The quantitative estimate of drug-likeness (QED) is 0.0477. The van der Waals surface area contributed by atoms with Crippen molar-refractivity contribution in [2.24, 2.45) is 0 Å². The minimum Gasteiger partial charge on any atom is -0.400 e. The van der Waals surface area contributed by atoms with Crippen LogP contribution in [-0.2, 0) is 85.3 Å². The maximum Gasteiger partial charge on any atom is 0.330 e. The zero-order valence-electron chi connectivity index (χ0n) is 49.3. The molecular weight excluding hydrogens is 3070 g/mol. The Bertz CT molecular complexity index is 2270. The summed E-state index contributed by atoms with van der Waals surface area (Å²) in [5.41, 5.74) is -2.76. The zero-order valence-corrected chi connectivity index (χ0v) is 88.5. The molecule has 2 saturated heterocycles. The first-order chi connectivity index (χ1) is 35.6. The number of H-pyrrole nitrogens is 2. The molecule has 448 valence electrons. The third-order valence-electron chi connectivity index (χ3n) is 8.36. The number of nitrogens with one attached hydrogen (secondary N) is 2. The van der Waals surface area contributed by atoms with Crippen LogP contribution in [0.3, 0.4) is 0 Å². The molecule has 2 aliphatic heterocycles. The van der Waals surface area contributed by atoms with Crippen molar-refractivity contribution >= 4 is 118 Å². The van der Waals surface area contributed by atoms with Gasteiger partial charge in [0.15, 0.2) is 24.8 Å². The van der Waals surface area contributed by atoms with Gasteiger partial charge < -0.3 is 39.0 Å². The average Bonchev–Trinajstić information content (AvgIpc) is 3.81. The van der Waals surface area contributed by atoms with Crippen LogP contribution in [0.2, 0.25) is 0 Å². The Kier molecular flexibility index (Phi) is 86.8. The van der Waals surface area contributed by atoms with Gasteiger partial charge in [-0.1, -0.05) is 70.9 Å². The third-order valence-corrected chi connectivity index (χ3v) is 25.5. The minimum absolute atomic E-state index is 0. The standard InChI is InChI=1S/C22H39FN3O5PS2.C9H11FN2O4.C7H16OS2.2CH4O.S7.8U/c1-14(2)26(15(3)4)32(29-12-8-9-13-33-34-16(5)6)31-20-17(7)30-21(19(20)23)25-11-10-18(27)24-22(25)28;1-4-7(14)6(10)8(16-4)12-3-2-5(13)11-9(12)15;1-7(2)10-9-6-4-3-5-8;2*1-2;1-3-5-7-6-4-2;;;;;;;;/h10-11,14-17,19-21H,8-9,12-13H2,1-7H3,(H,24,27,28);2-4,6-8,14H,1H3,(H,11,13,15);7-8H,3-6H2,1-2H3;2*2H,1H3;;;;;;;;;/i7D;1D;;2*2T;;;;;;;;;. The fourth-order valence-corrected chi connectivity index (χ4v) is 19.9. The first-order valence-electron chi connectivity index (χ1n) is 24.0. The molecule has 2 fully saturated rings. The first-order valence-corrected chi connectivity index (χ1v) is 35.6. The first kappa shape index (κ1) is 98.7. The van der Waals surface area contributed by atoms with Gasteiger partial charge in [0.1, 0.15) is 12.2 Å². The summed E-state index contributed by atoms with van der Waals surface area (Å²) in [5, 5.41) is 26.2. The summed E-state index contributed by atoms with van der Waals surface area (Å²) < 4.78 is 82.8. The smallest absolute Gasteiger partial charge is 0.330 e. The number of halogens is 2. The van der Waals surface area contributed by atoms with Crippen molar-refractivity contribution in [3.8, 4) is 0 Å². The summed E-state index contributed by atoms with van der Waals surface area (Å²) in [5.74, 6) is 2.20. The number of alkyl halides is 2. The van der Waals surface area contributed by atoms with Crippen LogP contribution in [0.1, 0.15) is 110 Å². The summed E-state index contributed by atoms with van der Waals surface area (Å²) in [7, 11) is 15.9. The van der Waals surface area contributed by atoms with Gasteiger partial charge in [-0.15, -0.1) is 0 Å². The number of aliphatic hydroxyl groups is 4. The van der Waals surface area contributed by atoms with Gasteiger partial charge >= 0.3 is 11.4 Å². The summed E-state index contributed by atoms with van der Waals surface area (Å²) >= 11 is 9.14. The number of hydrogen-bond acceptors (Lipinski definition) is 19. The van der Waals surface area contributed by atoms with Crippen LogP contribution in [0.4, 0.5) is 8.78 Å². The number of aliphatic hydroxyl groups excluding tert-OH is 4. The number of rotatable bonds is 21. The van der Waals surface area contributed by atoms with Crippen LogP contribution >= 0.6 is 51.7 Å². The molecule has 39 heteroatoms. The van der Waals surface area contributed by atoms with Crippen molar-refractivity contribution in [2.45, 2.75) is 167 Å². The fourth-order valence-electron chi connectivity index (χ4n) is 5.54. The van der Waals surface area contributed by atoms with Crippen molar-refractivity contribution in [1.29, 1.82) is 2.86 Å². The molecule has 2 aromatic rings. The Morgan fingerprint density at radius 1 is 0.722 bits per heavy atom. The number of aromatic amines is 2. The van der Waals surface area contributed by atoms with Gasteiger partial charge in [-0.2, -0.15) is 0 Å². The van der Waals surface area contributed by atoms with Crippen LogP contribution in [0.15, 0.2) is 43.7 Å². The molecule has 79 heavy (non-hydrogen) atoms. The van der Waals surface area contributed by atoms with E-state index >= 15 is 4.39 Å². The van der Waals surface area contributed by atoms with E-state index in [-0.39, 0.29) is 275 Å². The summed E-state index contributed by atoms with van der Waals surface area (Å²) in [6.45, 7) is 17.1. The molecule has 0 amide bonds. The average molecular weight is 3150 g/mol. The molecule has 0 radical (unpaired) electrons. The molecule has 0 spiro atoms. The molecule has 0 aliphatic carbocycles. The summed E-state index contributed by atoms with van der Waals surface area (Å²) in [6.07, 6.45) is -4.28. The minimum atomic E-state index is -1.81. The van der Waals surface area contributed by atoms with Crippen LogP contribution in [0, 0.1) is 249 Å². The van der Waals surface area contributed by atoms with Gasteiger partial charge in [0, 0.05) is 398 Å². The zero-order chi connectivity index (χ0) is 57.5. The summed E-state index contributed by atoms with van der Waals surface area (Å²) in [6, 6.07) is 2.37. The van der Waals surface area contributed by atoms with E-state index in [1.54, 1.807) is 26.6 Å². The number of ether oxygens (including phenoxy) is 2. The molecule has 6 N–H and O–H groups in total. The van der Waals surface area contributed by atoms with Gasteiger partial charge in [0.05, 0.1) is 18.8 Å². The van der Waals surface area contributed by atoms with E-state index in [1.807, 2.05) is 75.9 Å². The molecule has 9 unspecified atom stereocenters. The Labute approximate surface area is 702 Å². The van der Waals surface area contributed by atoms with E-state index in [9.17, 15) is 28.7 Å². The fraction of sp³-hybridized carbons (Fsp3) is 0.800. The van der Waals surface area contributed by atoms with Crippen LogP contribution in [-0.4, -0.2) is 145 Å². The molecule has 2 aliphatic rings. The number of nitrogens with zero attached hydrogens (tertiary/aromatic N) is 3. The van der Waals surface area contributed by atoms with Crippen LogP contribution in [0.5, 0.6) is 0 Å². The Balaban J connectivity index is -0.000000116. The summed E-state index contributed by atoms with van der Waals surface area (Å²) in [4.78, 5) is 49.9. The van der Waals surface area contributed by atoms with Gasteiger partial charge in [-0.05, 0) is 67.2 Å². The van der Waals surface area contributed by atoms with Crippen molar-refractivity contribution in [2.75, 3.05) is 38.9 Å². The second-order valence-corrected chi connectivity index (χ2v) is 31.5. The molecule has 0 bridgehead atoms. The second-order valence-electron chi connectivity index (χ2n) is 15.2. The molecule has 0 saturated carbocycles. The van der Waals surface area contributed by atoms with E-state index in [2.05, 4.69) is 69.9 Å². The maximum absolute atomic E-state index is 15.6. The Morgan fingerprint density at radius 2 is 1.13 bits per heavy atom. The monoisotopic (exact) mass is 3150 g/mol. The van der Waals surface area contributed by atoms with Gasteiger partial charge in [0.25, 0.3) is 19.6 Å². The van der Waals surface area contributed by atoms with E-state index in [1.165, 1.54) is 43.9 Å². The number of aromatic nitrogens is 4. The second kappa shape index (κ2) is 69.5. The van der Waals surface area contributed by atoms with Crippen molar-refractivity contribution in [3.05, 3.63) is 66.2 Å². The SMILES string of the molecule is CC(C)SSCCCCO.S=S=S=S=S=S=S.[2H]CC1OC(n2ccc(=O)[nH]c2=O)C(F)C1O.[2H]CC1OC(n2ccc(=O)[nH]c2=O)C(F)C1OP(OCCCCSSC(C)C)N(C(C)C)C(C)C.[3H]OC.[3H]OC.[U].[U].[U].[U].[U].[U].[U].[U]. The molecule has 2 aromatic heterocycles. The van der Waals surface area contributed by atoms with E-state index < -0.39 is 80.2 Å². The molecule has 4 heterocycles. The predicted octanol–water partition coefficient (Wildman–Crippen LogP) is 6.01. The van der Waals surface area contributed by atoms with Gasteiger partial charge in [-0.25, -0.2) is 23.0 Å². The van der Waals surface area contributed by atoms with E-state index in [0.29, 0.717) is 18.5 Å². The molecule has 9 atom stereocenters. The van der Waals surface area contributed by atoms with Crippen molar-refractivity contribution < 1.29 is 299 Å². The molecule has 0 aromatic carbocycles. The number of unbranched alkanes of at least 4 members (excludes halogenated alkanes) is 2. The third kappa shape index (κ3) is 49.8. The van der Waals surface area contributed by atoms with Crippen molar-refractivity contribution in [3.63, 3.8) is 0 Å². The predicted molar refractivity (Wildman–Crippen MR) is 311 cm³/mol. The normalized spacial score (nSPS) is 20.0. The molecule has 17 nitrogen and oxygen atoms in total. The van der Waals surface area contributed by atoms with Gasteiger partial charge in [0.2, 0.25) is 2.86 Å². The van der Waals surface area contributed by atoms with Crippen LogP contribution < -0.4 is 22.5 Å². The Hall–Kier alpha value is 8.65. The van der Waals surface area contributed by atoms with Gasteiger partial charge in [-0.3, -0.25) is 28.7 Å². The Morgan fingerprint density at radius 3 is 1.48 bits per heavy atom. The van der Waals surface area contributed by atoms with E-state index in [0.717, 1.165) is 64.1 Å². The molecular formula is C40H74F2N5O12PS11U8. The van der Waals surface area contributed by atoms with Crippen LogP contribution in [0.25, 0.3) is 0 Å². The van der Waals surface area contributed by atoms with Crippen molar-refractivity contribution in [1.82, 2.24) is 23.8 Å². The topological polar surface area (TPSA) is 231 Å². The largest absolute Gasteiger partial charge is 0.400 e. The van der Waals surface area contributed by atoms with E-state index in [4.69, 9.17) is 29.2 Å². The number of hydrogen-bond donors (Lipinski definition) is 6.